The summed E-state index contributed by atoms with van der Waals surface area (Å²) in [6.07, 6.45) is 1.92. The summed E-state index contributed by atoms with van der Waals surface area (Å²) in [7, 11) is 1.81. The van der Waals surface area contributed by atoms with Crippen molar-refractivity contribution in [2.24, 2.45) is 0 Å². The summed E-state index contributed by atoms with van der Waals surface area (Å²) < 4.78 is 0. The Morgan fingerprint density at radius 2 is 2.14 bits per heavy atom. The molecule has 0 saturated carbocycles. The van der Waals surface area contributed by atoms with Crippen LogP contribution in [0, 0.1) is 0 Å². The topological polar surface area (TPSA) is 70.1 Å². The largest absolute Gasteiger partial charge is 0.393 e. The average molecular weight is 196 g/mol. The summed E-state index contributed by atoms with van der Waals surface area (Å²) in [5.74, 6) is 1.55. The zero-order valence-corrected chi connectivity index (χ0v) is 8.49. The van der Waals surface area contributed by atoms with Crippen LogP contribution in [0.3, 0.4) is 0 Å². The zero-order chi connectivity index (χ0) is 10.4. The van der Waals surface area contributed by atoms with E-state index in [-0.39, 0.29) is 6.10 Å². The Morgan fingerprint density at radius 1 is 1.43 bits per heavy atom. The molecule has 1 atom stereocenters. The molecule has 5 nitrogen and oxygen atoms in total. The molecule has 0 amide bonds. The van der Waals surface area contributed by atoms with Crippen LogP contribution in [-0.2, 0) is 0 Å². The molecule has 1 aromatic heterocycles. The zero-order valence-electron chi connectivity index (χ0n) is 8.49. The first-order valence-corrected chi connectivity index (χ1v) is 4.64. The molecule has 0 aromatic carbocycles. The fourth-order valence-electron chi connectivity index (χ4n) is 1.000. The Hall–Kier alpha value is -1.36. The van der Waals surface area contributed by atoms with Crippen LogP contribution in [0.25, 0.3) is 0 Å². The van der Waals surface area contributed by atoms with Gasteiger partial charge in [-0.3, -0.25) is 0 Å². The maximum Gasteiger partial charge on any atom is 0.131 e. The Labute approximate surface area is 83.6 Å². The predicted octanol–water partition coefficient (Wildman–Crippen LogP) is 0.701. The maximum absolute atomic E-state index is 9.05. The van der Waals surface area contributed by atoms with E-state index in [9.17, 15) is 0 Å². The van der Waals surface area contributed by atoms with E-state index < -0.39 is 0 Å². The van der Waals surface area contributed by atoms with Crippen molar-refractivity contribution in [2.75, 3.05) is 24.2 Å². The van der Waals surface area contributed by atoms with Gasteiger partial charge >= 0.3 is 0 Å². The van der Waals surface area contributed by atoms with Crippen molar-refractivity contribution in [3.63, 3.8) is 0 Å². The van der Waals surface area contributed by atoms with E-state index >= 15 is 0 Å². The van der Waals surface area contributed by atoms with Gasteiger partial charge in [-0.05, 0) is 13.3 Å². The van der Waals surface area contributed by atoms with Gasteiger partial charge in [0.05, 0.1) is 6.10 Å². The number of hydrogen-bond donors (Lipinski definition) is 3. The molecule has 0 aliphatic carbocycles. The van der Waals surface area contributed by atoms with Gasteiger partial charge in [0.25, 0.3) is 0 Å². The summed E-state index contributed by atoms with van der Waals surface area (Å²) in [6, 6.07) is 1.82. The number of aromatic nitrogens is 2. The standard InChI is InChI=1S/C9H16N4O/c1-7(14)3-4-11-9-5-8(10-2)12-6-13-9/h5-7,14H,3-4H2,1-2H3,(H2,10,11,12,13). The van der Waals surface area contributed by atoms with Gasteiger partial charge in [0.1, 0.15) is 18.0 Å². The van der Waals surface area contributed by atoms with Gasteiger partial charge in [-0.15, -0.1) is 0 Å². The highest BCUT2D eigenvalue weighted by Crippen LogP contribution is 2.07. The highest BCUT2D eigenvalue weighted by molar-refractivity contribution is 5.45. The highest BCUT2D eigenvalue weighted by atomic mass is 16.3. The van der Waals surface area contributed by atoms with Gasteiger partial charge in [0.2, 0.25) is 0 Å². The molecule has 0 aliphatic rings. The molecule has 3 N–H and O–H groups in total. The number of nitrogens with zero attached hydrogens (tertiary/aromatic N) is 2. The smallest absolute Gasteiger partial charge is 0.131 e. The Kier molecular flexibility index (Phi) is 4.12. The molecule has 0 aliphatic heterocycles. The Balaban J connectivity index is 2.42. The van der Waals surface area contributed by atoms with Crippen molar-refractivity contribution in [2.45, 2.75) is 19.4 Å². The average Bonchev–Trinajstić information content (AvgIpc) is 2.18. The molecule has 0 bridgehead atoms. The first kappa shape index (κ1) is 10.7. The fourth-order valence-corrected chi connectivity index (χ4v) is 1.000. The lowest BCUT2D eigenvalue weighted by atomic mass is 10.3. The molecular formula is C9H16N4O. The lowest BCUT2D eigenvalue weighted by molar-refractivity contribution is 0.188. The number of rotatable bonds is 5. The Bertz CT molecular complexity index is 277. The molecule has 1 unspecified atom stereocenters. The minimum absolute atomic E-state index is 0.284. The van der Waals surface area contributed by atoms with Crippen LogP contribution in [0.4, 0.5) is 11.6 Å². The molecule has 0 fully saturated rings. The monoisotopic (exact) mass is 196 g/mol. The van der Waals surface area contributed by atoms with E-state index in [1.807, 2.05) is 13.1 Å². The third kappa shape index (κ3) is 3.57. The minimum atomic E-state index is -0.284. The molecule has 1 heterocycles. The van der Waals surface area contributed by atoms with Gasteiger partial charge in [-0.2, -0.15) is 0 Å². The van der Waals surface area contributed by atoms with Crippen LogP contribution >= 0.6 is 0 Å². The number of nitrogens with one attached hydrogen (secondary N) is 2. The van der Waals surface area contributed by atoms with E-state index in [1.165, 1.54) is 6.33 Å². The van der Waals surface area contributed by atoms with Crippen molar-refractivity contribution in [3.05, 3.63) is 12.4 Å². The highest BCUT2D eigenvalue weighted by Gasteiger charge is 1.98. The van der Waals surface area contributed by atoms with Crippen molar-refractivity contribution < 1.29 is 5.11 Å². The number of aliphatic hydroxyl groups is 1. The summed E-state index contributed by atoms with van der Waals surface area (Å²) in [5, 5.41) is 15.1. The van der Waals surface area contributed by atoms with Crippen molar-refractivity contribution in [3.8, 4) is 0 Å². The second-order valence-corrected chi connectivity index (χ2v) is 3.10. The van der Waals surface area contributed by atoms with Crippen molar-refractivity contribution >= 4 is 11.6 Å². The van der Waals surface area contributed by atoms with E-state index in [4.69, 9.17) is 5.11 Å². The molecule has 1 aromatic rings. The van der Waals surface area contributed by atoms with Crippen LogP contribution in [0.15, 0.2) is 12.4 Å². The third-order valence-electron chi connectivity index (χ3n) is 1.79. The maximum atomic E-state index is 9.05. The first-order valence-electron chi connectivity index (χ1n) is 4.64. The number of hydrogen-bond acceptors (Lipinski definition) is 5. The summed E-state index contributed by atoms with van der Waals surface area (Å²) in [6.45, 7) is 2.47. The summed E-state index contributed by atoms with van der Waals surface area (Å²) >= 11 is 0. The molecule has 14 heavy (non-hydrogen) atoms. The van der Waals surface area contributed by atoms with Gasteiger partial charge < -0.3 is 15.7 Å². The van der Waals surface area contributed by atoms with Gasteiger partial charge in [-0.1, -0.05) is 0 Å². The molecule has 0 spiro atoms. The quantitative estimate of drug-likeness (QED) is 0.646. The van der Waals surface area contributed by atoms with E-state index in [0.29, 0.717) is 13.0 Å². The fraction of sp³-hybridized carbons (Fsp3) is 0.556. The van der Waals surface area contributed by atoms with Crippen LogP contribution in [0.2, 0.25) is 0 Å². The molecule has 78 valence electrons. The first-order chi connectivity index (χ1) is 6.72. The van der Waals surface area contributed by atoms with Gasteiger partial charge in [0, 0.05) is 19.7 Å². The third-order valence-corrected chi connectivity index (χ3v) is 1.79. The minimum Gasteiger partial charge on any atom is -0.393 e. The van der Waals surface area contributed by atoms with E-state index in [2.05, 4.69) is 20.6 Å². The molecule has 0 saturated heterocycles. The molecule has 0 radical (unpaired) electrons. The van der Waals surface area contributed by atoms with E-state index in [0.717, 1.165) is 11.6 Å². The summed E-state index contributed by atoms with van der Waals surface area (Å²) in [5.41, 5.74) is 0. The van der Waals surface area contributed by atoms with Crippen molar-refractivity contribution in [1.29, 1.82) is 0 Å². The Morgan fingerprint density at radius 3 is 2.79 bits per heavy atom. The van der Waals surface area contributed by atoms with Crippen LogP contribution < -0.4 is 10.6 Å². The molecule has 1 rings (SSSR count). The van der Waals surface area contributed by atoms with Crippen LogP contribution in [0.5, 0.6) is 0 Å². The second kappa shape index (κ2) is 5.39. The predicted molar refractivity (Wildman–Crippen MR) is 56.4 cm³/mol. The van der Waals surface area contributed by atoms with E-state index in [1.54, 1.807) is 6.92 Å². The lowest BCUT2D eigenvalue weighted by Crippen LogP contribution is -2.10. The normalized spacial score (nSPS) is 12.2. The van der Waals surface area contributed by atoms with Crippen molar-refractivity contribution in [1.82, 2.24) is 9.97 Å². The van der Waals surface area contributed by atoms with Crippen LogP contribution in [-0.4, -0.2) is 34.8 Å². The molecular weight excluding hydrogens is 180 g/mol. The SMILES string of the molecule is CNc1cc(NCCC(C)O)ncn1. The molecule has 5 heteroatoms. The second-order valence-electron chi connectivity index (χ2n) is 3.10. The number of aliphatic hydroxyl groups excluding tert-OH is 1. The van der Waals surface area contributed by atoms with Crippen LogP contribution in [0.1, 0.15) is 13.3 Å². The number of anilines is 2. The lowest BCUT2D eigenvalue weighted by Gasteiger charge is -2.07. The summed E-state index contributed by atoms with van der Waals surface area (Å²) in [4.78, 5) is 8.03. The van der Waals surface area contributed by atoms with Gasteiger partial charge in [0.15, 0.2) is 0 Å². The van der Waals surface area contributed by atoms with Gasteiger partial charge in [-0.25, -0.2) is 9.97 Å².